The molecule has 6 heteroatoms. The van der Waals surface area contributed by atoms with Gasteiger partial charge in [-0.15, -0.1) is 0 Å². The first-order valence-electron chi connectivity index (χ1n) is 5.06. The summed E-state index contributed by atoms with van der Waals surface area (Å²) in [5, 5.41) is 8.83. The van der Waals surface area contributed by atoms with Crippen molar-refractivity contribution in [3.8, 4) is 0 Å². The van der Waals surface area contributed by atoms with Crippen molar-refractivity contribution in [2.45, 2.75) is 20.3 Å². The number of rotatable bonds is 4. The second kappa shape index (κ2) is 4.80. The van der Waals surface area contributed by atoms with Crippen LogP contribution in [0.25, 0.3) is 0 Å². The lowest BCUT2D eigenvalue weighted by atomic mass is 9.85. The zero-order chi connectivity index (χ0) is 14.1. The highest BCUT2D eigenvalue weighted by atomic mass is 19.2. The molecule has 0 radical (unpaired) electrons. The Morgan fingerprint density at radius 3 is 2.11 bits per heavy atom. The predicted octanol–water partition coefficient (Wildman–Crippen LogP) is 2.79. The van der Waals surface area contributed by atoms with Crippen molar-refractivity contribution in [3.63, 3.8) is 0 Å². The highest BCUT2D eigenvalue weighted by molar-refractivity contribution is 5.98. The third-order valence-electron chi connectivity index (χ3n) is 2.49. The molecule has 1 aromatic rings. The van der Waals surface area contributed by atoms with E-state index in [0.717, 1.165) is 0 Å². The summed E-state index contributed by atoms with van der Waals surface area (Å²) >= 11 is 0. The molecule has 18 heavy (non-hydrogen) atoms. The molecule has 1 rings (SSSR count). The van der Waals surface area contributed by atoms with Gasteiger partial charge in [-0.25, -0.2) is 13.2 Å². The van der Waals surface area contributed by atoms with E-state index >= 15 is 0 Å². The van der Waals surface area contributed by atoms with Gasteiger partial charge in [-0.2, -0.15) is 0 Å². The van der Waals surface area contributed by atoms with Gasteiger partial charge in [0.25, 0.3) is 0 Å². The van der Waals surface area contributed by atoms with Gasteiger partial charge in [0, 0.05) is 12.5 Å². The van der Waals surface area contributed by atoms with E-state index in [0.29, 0.717) is 6.07 Å². The molecule has 0 aliphatic heterocycles. The summed E-state index contributed by atoms with van der Waals surface area (Å²) in [6.07, 6.45) is -0.510. The molecule has 0 atom stereocenters. The SMILES string of the molecule is CC(C)(CC(=O)c1cc(F)c(F)cc1F)C(=O)O. The topological polar surface area (TPSA) is 54.4 Å². The number of carbonyl (C=O) groups excluding carboxylic acids is 1. The Labute approximate surface area is 101 Å². The second-order valence-corrected chi connectivity index (χ2v) is 4.54. The van der Waals surface area contributed by atoms with E-state index in [1.807, 2.05) is 0 Å². The van der Waals surface area contributed by atoms with Crippen LogP contribution < -0.4 is 0 Å². The smallest absolute Gasteiger partial charge is 0.309 e. The largest absolute Gasteiger partial charge is 0.481 e. The number of hydrogen-bond donors (Lipinski definition) is 1. The summed E-state index contributed by atoms with van der Waals surface area (Å²) in [5.41, 5.74) is -2.06. The quantitative estimate of drug-likeness (QED) is 0.669. The maximum Gasteiger partial charge on any atom is 0.309 e. The minimum Gasteiger partial charge on any atom is -0.481 e. The summed E-state index contributed by atoms with van der Waals surface area (Å²) in [4.78, 5) is 22.5. The van der Waals surface area contributed by atoms with E-state index in [4.69, 9.17) is 5.11 Å². The number of Topliss-reactive ketones (excluding diaryl/α,β-unsaturated/α-hetero) is 1. The monoisotopic (exact) mass is 260 g/mol. The summed E-state index contributed by atoms with van der Waals surface area (Å²) in [5.74, 6) is -6.09. The van der Waals surface area contributed by atoms with E-state index < -0.39 is 46.6 Å². The zero-order valence-electron chi connectivity index (χ0n) is 9.76. The Balaban J connectivity index is 3.06. The standard InChI is InChI=1S/C12H11F3O3/c1-12(2,11(17)18)5-10(16)6-3-8(14)9(15)4-7(6)13/h3-4H,5H2,1-2H3,(H,17,18). The molecule has 0 aliphatic rings. The number of carbonyl (C=O) groups is 2. The summed E-state index contributed by atoms with van der Waals surface area (Å²) in [6, 6.07) is 0.696. The van der Waals surface area contributed by atoms with Crippen LogP contribution in [0.3, 0.4) is 0 Å². The van der Waals surface area contributed by atoms with Gasteiger partial charge in [0.15, 0.2) is 17.4 Å². The van der Waals surface area contributed by atoms with Crippen molar-refractivity contribution in [1.29, 1.82) is 0 Å². The average Bonchev–Trinajstić information content (AvgIpc) is 2.22. The van der Waals surface area contributed by atoms with E-state index in [1.54, 1.807) is 0 Å². The maximum absolute atomic E-state index is 13.3. The molecule has 0 amide bonds. The van der Waals surface area contributed by atoms with Crippen LogP contribution in [0.5, 0.6) is 0 Å². The van der Waals surface area contributed by atoms with E-state index in [1.165, 1.54) is 13.8 Å². The molecule has 0 spiro atoms. The zero-order valence-corrected chi connectivity index (χ0v) is 9.76. The molecule has 0 saturated carbocycles. The van der Waals surface area contributed by atoms with Crippen molar-refractivity contribution in [2.24, 2.45) is 5.41 Å². The Morgan fingerprint density at radius 2 is 1.61 bits per heavy atom. The molecule has 0 aliphatic carbocycles. The third kappa shape index (κ3) is 2.88. The second-order valence-electron chi connectivity index (χ2n) is 4.54. The van der Waals surface area contributed by atoms with Crippen LogP contribution in [0.1, 0.15) is 30.6 Å². The minimum atomic E-state index is -1.41. The lowest BCUT2D eigenvalue weighted by molar-refractivity contribution is -0.146. The maximum atomic E-state index is 13.3. The van der Waals surface area contributed by atoms with Crippen LogP contribution in [0.2, 0.25) is 0 Å². The molecule has 0 saturated heterocycles. The van der Waals surface area contributed by atoms with Gasteiger partial charge in [-0.1, -0.05) is 0 Å². The number of hydrogen-bond acceptors (Lipinski definition) is 2. The van der Waals surface area contributed by atoms with Gasteiger partial charge in [0.1, 0.15) is 5.82 Å². The third-order valence-corrected chi connectivity index (χ3v) is 2.49. The van der Waals surface area contributed by atoms with Gasteiger partial charge < -0.3 is 5.11 Å². The summed E-state index contributed by atoms with van der Waals surface area (Å²) < 4.78 is 38.9. The fourth-order valence-electron chi connectivity index (χ4n) is 1.31. The fourth-order valence-corrected chi connectivity index (χ4v) is 1.31. The van der Waals surface area contributed by atoms with Gasteiger partial charge in [-0.05, 0) is 19.9 Å². The molecule has 0 bridgehead atoms. The molecule has 0 unspecified atom stereocenters. The first kappa shape index (κ1) is 14.2. The molecular weight excluding hydrogens is 249 g/mol. The predicted molar refractivity (Wildman–Crippen MR) is 56.7 cm³/mol. The van der Waals surface area contributed by atoms with Gasteiger partial charge in [-0.3, -0.25) is 9.59 Å². The number of benzene rings is 1. The van der Waals surface area contributed by atoms with Crippen molar-refractivity contribution in [1.82, 2.24) is 0 Å². The highest BCUT2D eigenvalue weighted by Gasteiger charge is 2.31. The van der Waals surface area contributed by atoms with Gasteiger partial charge in [0.2, 0.25) is 0 Å². The van der Waals surface area contributed by atoms with Crippen molar-refractivity contribution < 1.29 is 27.9 Å². The number of carboxylic acid groups (broad SMARTS) is 1. The van der Waals surface area contributed by atoms with Crippen LogP contribution in [0, 0.1) is 22.9 Å². The van der Waals surface area contributed by atoms with Crippen LogP contribution in [0.15, 0.2) is 12.1 Å². The molecule has 1 N–H and O–H groups in total. The number of halogens is 3. The van der Waals surface area contributed by atoms with Crippen molar-refractivity contribution in [2.75, 3.05) is 0 Å². The first-order chi connectivity index (χ1) is 8.15. The van der Waals surface area contributed by atoms with Crippen LogP contribution in [0.4, 0.5) is 13.2 Å². The molecular formula is C12H11F3O3. The average molecular weight is 260 g/mol. The lowest BCUT2D eigenvalue weighted by Gasteiger charge is -2.17. The normalized spacial score (nSPS) is 11.4. The Morgan fingerprint density at radius 1 is 1.11 bits per heavy atom. The Bertz CT molecular complexity index is 510. The number of ketones is 1. The molecule has 0 aromatic heterocycles. The molecule has 0 heterocycles. The van der Waals surface area contributed by atoms with Crippen molar-refractivity contribution in [3.05, 3.63) is 35.1 Å². The Kier molecular flexibility index (Phi) is 3.79. The summed E-state index contributed by atoms with van der Waals surface area (Å²) in [6.45, 7) is 2.57. The first-order valence-corrected chi connectivity index (χ1v) is 5.06. The number of aliphatic carboxylic acids is 1. The van der Waals surface area contributed by atoms with Gasteiger partial charge in [0.05, 0.1) is 11.0 Å². The lowest BCUT2D eigenvalue weighted by Crippen LogP contribution is -2.27. The van der Waals surface area contributed by atoms with Crippen molar-refractivity contribution >= 4 is 11.8 Å². The minimum absolute atomic E-state index is 0.260. The van der Waals surface area contributed by atoms with E-state index in [-0.39, 0.29) is 6.07 Å². The fraction of sp³-hybridized carbons (Fsp3) is 0.333. The number of carboxylic acids is 1. The molecule has 98 valence electrons. The summed E-state index contributed by atoms with van der Waals surface area (Å²) in [7, 11) is 0. The van der Waals surface area contributed by atoms with Gasteiger partial charge >= 0.3 is 5.97 Å². The van der Waals surface area contributed by atoms with E-state index in [9.17, 15) is 22.8 Å². The highest BCUT2D eigenvalue weighted by Crippen LogP contribution is 2.25. The van der Waals surface area contributed by atoms with Crippen LogP contribution in [-0.4, -0.2) is 16.9 Å². The van der Waals surface area contributed by atoms with Crippen LogP contribution in [-0.2, 0) is 4.79 Å². The van der Waals surface area contributed by atoms with E-state index in [2.05, 4.69) is 0 Å². The molecule has 0 fully saturated rings. The molecule has 1 aromatic carbocycles. The van der Waals surface area contributed by atoms with Crippen LogP contribution >= 0.6 is 0 Å². The molecule has 3 nitrogen and oxygen atoms in total. The Hall–Kier alpha value is -1.85.